The number of aliphatic carboxylic acids is 1. The number of hydrogen-bond acceptors (Lipinski definition) is 16. The maximum atomic E-state index is 13.8. The fraction of sp³-hybridized carbons (Fsp3) is 0.750. The number of nitrogens with zero attached hydrogens (tertiary/aromatic N) is 1. The lowest BCUT2D eigenvalue weighted by atomic mass is 9.98. The number of nitrogens with one attached hydrogen (secondary N) is 8. The van der Waals surface area contributed by atoms with Crippen LogP contribution in [0.3, 0.4) is 0 Å². The molecule has 0 radical (unpaired) electrons. The summed E-state index contributed by atoms with van der Waals surface area (Å²) in [6, 6.07) is -14.4. The van der Waals surface area contributed by atoms with Gasteiger partial charge in [-0.3, -0.25) is 47.9 Å². The van der Waals surface area contributed by atoms with E-state index < -0.39 is 168 Å². The zero-order valence-corrected chi connectivity index (χ0v) is 42.0. The maximum absolute atomic E-state index is 13.8. The first-order valence-corrected chi connectivity index (χ1v) is 23.7. The Morgan fingerprint density at radius 1 is 0.563 bits per heavy atom. The molecule has 71 heavy (non-hydrogen) atoms. The number of unbranched alkanes of at least 4 members (excludes halogenated alkanes) is 1. The number of nitrogens with two attached hydrogens (primary N) is 3. The van der Waals surface area contributed by atoms with Gasteiger partial charge in [0.1, 0.15) is 54.4 Å². The van der Waals surface area contributed by atoms with E-state index in [1.165, 1.54) is 20.8 Å². The van der Waals surface area contributed by atoms with E-state index in [4.69, 9.17) is 17.2 Å². The van der Waals surface area contributed by atoms with E-state index in [1.54, 1.807) is 27.7 Å². The molecule has 0 bridgehead atoms. The number of carbonyl (C=O) groups excluding carboxylic acids is 10. The molecule has 0 aromatic rings. The lowest BCUT2D eigenvalue weighted by molar-refractivity contribution is -0.149. The number of amides is 10. The molecular formula is C44H78N12O15. The Bertz CT molecular complexity index is 1880. The first kappa shape index (κ1) is 63.0. The third-order valence-corrected chi connectivity index (χ3v) is 11.6. The maximum Gasteiger partial charge on any atom is 0.326 e. The Morgan fingerprint density at radius 2 is 0.972 bits per heavy atom. The second kappa shape index (κ2) is 30.0. The van der Waals surface area contributed by atoms with Crippen molar-refractivity contribution < 1.29 is 73.2 Å². The monoisotopic (exact) mass is 1010 g/mol. The number of hydrogen-bond donors (Lipinski definition) is 15. The van der Waals surface area contributed by atoms with Crippen LogP contribution in [0.15, 0.2) is 0 Å². The van der Waals surface area contributed by atoms with Crippen molar-refractivity contribution in [3.05, 3.63) is 0 Å². The molecule has 1 aliphatic heterocycles. The SMILES string of the molecule is CC(C)[C@H](NC(=O)[C@H](C)NC(=O)[C@H](CO)NC(=O)[C@@H](N)CCCCN)C(=O)N[C@H](C(=O)N[C@H](C(=O)N[C@H](C(=O)N[C@H](C(=O)N[C@@H](CC(N)=O)C(=O)N1CCC[C@H]1C(=O)O)C(C)C)C(C)C)[C@@H](C)O)[C@@H](C)O. The lowest BCUT2D eigenvalue weighted by Crippen LogP contribution is -2.64. The van der Waals surface area contributed by atoms with E-state index in [9.17, 15) is 73.2 Å². The summed E-state index contributed by atoms with van der Waals surface area (Å²) in [4.78, 5) is 145. The fourth-order valence-corrected chi connectivity index (χ4v) is 7.31. The average molecular weight is 1020 g/mol. The summed E-state index contributed by atoms with van der Waals surface area (Å²) in [5.74, 6) is -12.8. The number of aliphatic hydroxyl groups is 3. The van der Waals surface area contributed by atoms with Gasteiger partial charge in [0.15, 0.2) is 0 Å². The highest BCUT2D eigenvalue weighted by Crippen LogP contribution is 2.20. The molecule has 18 N–H and O–H groups in total. The minimum Gasteiger partial charge on any atom is -0.480 e. The first-order chi connectivity index (χ1) is 33.0. The largest absolute Gasteiger partial charge is 0.480 e. The highest BCUT2D eigenvalue weighted by molar-refractivity contribution is 5.99. The van der Waals surface area contributed by atoms with Gasteiger partial charge >= 0.3 is 5.97 Å². The van der Waals surface area contributed by atoms with Gasteiger partial charge in [0, 0.05) is 6.54 Å². The molecule has 27 heteroatoms. The number of rotatable bonds is 30. The normalized spacial score (nSPS) is 18.2. The van der Waals surface area contributed by atoms with Crippen LogP contribution in [-0.2, 0) is 52.7 Å². The Hall–Kier alpha value is -6.03. The molecule has 0 aromatic carbocycles. The Balaban J connectivity index is 3.16. The average Bonchev–Trinajstić information content (AvgIpc) is 3.78. The predicted octanol–water partition coefficient (Wildman–Crippen LogP) is -5.99. The van der Waals surface area contributed by atoms with Crippen molar-refractivity contribution in [2.24, 2.45) is 35.0 Å². The molecule has 0 aromatic heterocycles. The van der Waals surface area contributed by atoms with Crippen LogP contribution in [0.1, 0.15) is 101 Å². The second-order valence-corrected chi connectivity index (χ2v) is 18.8. The van der Waals surface area contributed by atoms with E-state index in [-0.39, 0.29) is 19.4 Å². The summed E-state index contributed by atoms with van der Waals surface area (Å²) < 4.78 is 0. The third kappa shape index (κ3) is 19.9. The van der Waals surface area contributed by atoms with Gasteiger partial charge in [-0.1, -0.05) is 48.0 Å². The van der Waals surface area contributed by atoms with E-state index in [0.717, 1.165) is 18.7 Å². The molecule has 1 saturated heterocycles. The van der Waals surface area contributed by atoms with Gasteiger partial charge in [-0.2, -0.15) is 0 Å². The summed E-state index contributed by atoms with van der Waals surface area (Å²) in [6.07, 6.45) is -2.01. The number of primary amides is 1. The molecule has 0 spiro atoms. The van der Waals surface area contributed by atoms with E-state index in [2.05, 4.69) is 42.5 Å². The molecule has 404 valence electrons. The van der Waals surface area contributed by atoms with Crippen LogP contribution >= 0.6 is 0 Å². The standard InChI is InChI=1S/C44H78N12O15/c1-19(2)30(38(64)49-26(17-29(47)60)43(69)56-16-12-14-28(56)44(70)71)52-39(65)32(21(5)6)53-41(67)33(23(8)58)55-42(68)34(24(9)59)54-40(66)31(20(3)4)51-35(61)22(7)48-37(63)27(18-57)50-36(62)25(46)13-10-11-15-45/h19-28,30-34,57-59H,10-18,45-46H2,1-9H3,(H2,47,60)(H,48,63)(H,49,64)(H,50,62)(H,51,61)(H,52,65)(H,53,67)(H,54,66)(H,55,68)(H,70,71)/t22-,23+,24+,25-,26-,27-,28-,30-,31-,32-,33-,34-/m0/s1. The van der Waals surface area contributed by atoms with Crippen molar-refractivity contribution in [1.82, 2.24) is 47.4 Å². The second-order valence-electron chi connectivity index (χ2n) is 18.8. The molecule has 10 amide bonds. The van der Waals surface area contributed by atoms with Crippen molar-refractivity contribution in [1.29, 1.82) is 0 Å². The Morgan fingerprint density at radius 3 is 1.37 bits per heavy atom. The zero-order chi connectivity index (χ0) is 54.6. The summed E-state index contributed by atoms with van der Waals surface area (Å²) in [6.45, 7) is 12.4. The number of aliphatic hydroxyl groups excluding tert-OH is 3. The van der Waals surface area contributed by atoms with Crippen LogP contribution < -0.4 is 59.7 Å². The van der Waals surface area contributed by atoms with Crippen LogP contribution in [0, 0.1) is 17.8 Å². The Labute approximate surface area is 413 Å². The summed E-state index contributed by atoms with van der Waals surface area (Å²) in [5.41, 5.74) is 16.7. The van der Waals surface area contributed by atoms with Crippen molar-refractivity contribution in [2.75, 3.05) is 19.7 Å². The van der Waals surface area contributed by atoms with Gasteiger partial charge in [-0.15, -0.1) is 0 Å². The lowest BCUT2D eigenvalue weighted by Gasteiger charge is -2.31. The number of carbonyl (C=O) groups is 11. The quantitative estimate of drug-likeness (QED) is 0.0298. The van der Waals surface area contributed by atoms with Crippen LogP contribution in [0.5, 0.6) is 0 Å². The van der Waals surface area contributed by atoms with Crippen LogP contribution in [-0.4, -0.2) is 183 Å². The summed E-state index contributed by atoms with van der Waals surface area (Å²) >= 11 is 0. The van der Waals surface area contributed by atoms with Gasteiger partial charge in [-0.25, -0.2) is 4.79 Å². The molecule has 0 unspecified atom stereocenters. The fourth-order valence-electron chi connectivity index (χ4n) is 7.31. The minimum absolute atomic E-state index is 0.0536. The van der Waals surface area contributed by atoms with E-state index in [0.29, 0.717) is 25.8 Å². The van der Waals surface area contributed by atoms with Crippen molar-refractivity contribution >= 4 is 65.0 Å². The van der Waals surface area contributed by atoms with Gasteiger partial charge in [0.25, 0.3) is 0 Å². The number of likely N-dealkylation sites (tertiary alicyclic amines) is 1. The third-order valence-electron chi connectivity index (χ3n) is 11.6. The van der Waals surface area contributed by atoms with Crippen molar-refractivity contribution in [2.45, 2.75) is 173 Å². The topological polar surface area (TPSA) is 446 Å². The van der Waals surface area contributed by atoms with Gasteiger partial charge < -0.3 is 85.1 Å². The number of carboxylic acid groups (broad SMARTS) is 1. The molecule has 1 fully saturated rings. The molecule has 12 atom stereocenters. The molecule has 1 aliphatic rings. The molecular weight excluding hydrogens is 937 g/mol. The first-order valence-electron chi connectivity index (χ1n) is 23.7. The van der Waals surface area contributed by atoms with Gasteiger partial charge in [0.2, 0.25) is 59.1 Å². The van der Waals surface area contributed by atoms with Gasteiger partial charge in [-0.05, 0) is 70.8 Å². The van der Waals surface area contributed by atoms with Crippen molar-refractivity contribution in [3.63, 3.8) is 0 Å². The number of carboxylic acids is 1. The molecule has 0 aliphatic carbocycles. The molecule has 27 nitrogen and oxygen atoms in total. The van der Waals surface area contributed by atoms with E-state index in [1.807, 2.05) is 0 Å². The Kier molecular flexibility index (Phi) is 26.6. The zero-order valence-electron chi connectivity index (χ0n) is 42.0. The predicted molar refractivity (Wildman–Crippen MR) is 253 cm³/mol. The van der Waals surface area contributed by atoms with Gasteiger partial charge in [0.05, 0.1) is 31.3 Å². The molecule has 1 heterocycles. The molecule has 1 rings (SSSR count). The smallest absolute Gasteiger partial charge is 0.326 e. The highest BCUT2D eigenvalue weighted by atomic mass is 16.4. The van der Waals surface area contributed by atoms with Crippen LogP contribution in [0.2, 0.25) is 0 Å². The summed E-state index contributed by atoms with van der Waals surface area (Å²) in [7, 11) is 0. The van der Waals surface area contributed by atoms with Crippen LogP contribution in [0.25, 0.3) is 0 Å². The summed E-state index contributed by atoms with van der Waals surface area (Å²) in [5, 5.41) is 59.7. The van der Waals surface area contributed by atoms with E-state index >= 15 is 0 Å². The highest BCUT2D eigenvalue weighted by Gasteiger charge is 2.41. The molecule has 0 saturated carbocycles. The minimum atomic E-state index is -1.82. The van der Waals surface area contributed by atoms with Crippen LogP contribution in [0.4, 0.5) is 0 Å². The van der Waals surface area contributed by atoms with Crippen molar-refractivity contribution in [3.8, 4) is 0 Å².